The summed E-state index contributed by atoms with van der Waals surface area (Å²) in [5, 5.41) is 14.7. The second kappa shape index (κ2) is 10.9. The van der Waals surface area contributed by atoms with E-state index in [0.717, 1.165) is 23.3 Å². The van der Waals surface area contributed by atoms with Crippen LogP contribution < -0.4 is 15.4 Å². The van der Waals surface area contributed by atoms with Crippen LogP contribution in [0.3, 0.4) is 0 Å². The lowest BCUT2D eigenvalue weighted by molar-refractivity contribution is -0.275. The summed E-state index contributed by atoms with van der Waals surface area (Å²) >= 11 is 0. The van der Waals surface area contributed by atoms with Gasteiger partial charge in [-0.15, -0.1) is 13.2 Å². The molecule has 10 heteroatoms. The molecule has 0 aliphatic rings. The molecule has 0 fully saturated rings. The molecule has 2 unspecified atom stereocenters. The number of carboxylic acid groups (broad SMARTS) is 1. The molecule has 0 saturated carbocycles. The third-order valence-corrected chi connectivity index (χ3v) is 5.74. The number of hydrogen-bond donors (Lipinski definition) is 3. The smallest absolute Gasteiger partial charge is 0.480 e. The van der Waals surface area contributed by atoms with Crippen LogP contribution >= 0.6 is 0 Å². The molecule has 6 nitrogen and oxygen atoms in total. The van der Waals surface area contributed by atoms with Gasteiger partial charge in [0.05, 0.1) is 0 Å². The quantitative estimate of drug-likeness (QED) is 0.301. The average Bonchev–Trinajstić information content (AvgIpc) is 2.79. The van der Waals surface area contributed by atoms with Gasteiger partial charge in [0.1, 0.15) is 6.04 Å². The van der Waals surface area contributed by atoms with E-state index in [0.29, 0.717) is 27.9 Å². The van der Waals surface area contributed by atoms with E-state index in [9.17, 15) is 27.2 Å². The van der Waals surface area contributed by atoms with Crippen LogP contribution in [0.25, 0.3) is 11.1 Å². The zero-order chi connectivity index (χ0) is 27.5. The third kappa shape index (κ3) is 6.99. The first-order valence-corrected chi connectivity index (χ1v) is 11.3. The van der Waals surface area contributed by atoms with Crippen LogP contribution in [0.1, 0.15) is 46.9 Å². The van der Waals surface area contributed by atoms with Gasteiger partial charge in [-0.05, 0) is 79.8 Å². The van der Waals surface area contributed by atoms with Crippen LogP contribution in [0.15, 0.2) is 54.6 Å². The van der Waals surface area contributed by atoms with Gasteiger partial charge in [-0.2, -0.15) is 0 Å². The first kappa shape index (κ1) is 27.5. The Kier molecular flexibility index (Phi) is 8.10. The molecule has 0 heterocycles. The number of aryl methyl sites for hydroxylation is 2. The van der Waals surface area contributed by atoms with Crippen molar-refractivity contribution in [3.63, 3.8) is 0 Å². The molecular formula is C27H26F4N2O4. The highest BCUT2D eigenvalue weighted by Crippen LogP contribution is 2.31. The van der Waals surface area contributed by atoms with Crippen molar-refractivity contribution < 1.29 is 37.0 Å². The fourth-order valence-electron chi connectivity index (χ4n) is 3.93. The van der Waals surface area contributed by atoms with Crippen LogP contribution in [0, 0.1) is 19.7 Å². The number of hydrogen-bond acceptors (Lipinski definition) is 4. The van der Waals surface area contributed by atoms with E-state index < -0.39 is 41.9 Å². The Morgan fingerprint density at radius 1 is 0.946 bits per heavy atom. The Hall–Kier alpha value is -4.08. The van der Waals surface area contributed by atoms with E-state index in [1.54, 1.807) is 32.9 Å². The average molecular weight is 519 g/mol. The van der Waals surface area contributed by atoms with Crippen molar-refractivity contribution in [3.8, 4) is 16.9 Å². The van der Waals surface area contributed by atoms with Gasteiger partial charge < -0.3 is 20.5 Å². The monoisotopic (exact) mass is 518 g/mol. The number of anilines is 1. The first-order chi connectivity index (χ1) is 17.2. The van der Waals surface area contributed by atoms with Crippen LogP contribution in [-0.4, -0.2) is 29.4 Å². The van der Waals surface area contributed by atoms with Gasteiger partial charge in [-0.3, -0.25) is 9.59 Å². The van der Waals surface area contributed by atoms with Crippen molar-refractivity contribution in [2.75, 3.05) is 5.32 Å². The van der Waals surface area contributed by atoms with E-state index in [1.165, 1.54) is 13.0 Å². The summed E-state index contributed by atoms with van der Waals surface area (Å²) in [6.45, 7) is 6.62. The molecular weight excluding hydrogens is 492 g/mol. The summed E-state index contributed by atoms with van der Waals surface area (Å²) in [5.41, 5.74) is 4.42. The Bertz CT molecular complexity index is 1300. The molecule has 37 heavy (non-hydrogen) atoms. The van der Waals surface area contributed by atoms with Crippen LogP contribution in [0.4, 0.5) is 23.2 Å². The van der Waals surface area contributed by atoms with E-state index in [4.69, 9.17) is 5.11 Å². The highest BCUT2D eigenvalue weighted by Gasteiger charge is 2.32. The lowest BCUT2D eigenvalue weighted by atomic mass is 9.94. The summed E-state index contributed by atoms with van der Waals surface area (Å²) in [6.07, 6.45) is -5.01. The Labute approximate surface area is 211 Å². The Morgan fingerprint density at radius 3 is 2.19 bits per heavy atom. The number of carboxylic acids is 1. The van der Waals surface area contributed by atoms with Gasteiger partial charge in [0.25, 0.3) is 5.91 Å². The SMILES string of the molecule is Cc1cc(-c2cccc(NC(C)c3ccc(F)c(OC(F)(F)F)c3)c2)cc(C)c1C(=O)NC(C)C(=O)O. The Balaban J connectivity index is 1.83. The van der Waals surface area contributed by atoms with Crippen LogP contribution in [0.5, 0.6) is 5.75 Å². The Morgan fingerprint density at radius 2 is 1.59 bits per heavy atom. The molecule has 3 N–H and O–H groups in total. The maximum Gasteiger partial charge on any atom is 0.573 e. The zero-order valence-electron chi connectivity index (χ0n) is 20.5. The number of amides is 1. The second-order valence-corrected chi connectivity index (χ2v) is 8.70. The van der Waals surface area contributed by atoms with Crippen molar-refractivity contribution in [3.05, 3.63) is 82.7 Å². The normalized spacial score (nSPS) is 13.0. The van der Waals surface area contributed by atoms with Gasteiger partial charge in [-0.25, -0.2) is 4.39 Å². The maximum atomic E-state index is 13.8. The van der Waals surface area contributed by atoms with Gasteiger partial charge in [0.15, 0.2) is 11.6 Å². The van der Waals surface area contributed by atoms with E-state index >= 15 is 0 Å². The minimum absolute atomic E-state index is 0.392. The number of carbonyl (C=O) groups is 2. The highest BCUT2D eigenvalue weighted by atomic mass is 19.4. The minimum atomic E-state index is -5.01. The molecule has 3 aromatic rings. The number of nitrogens with one attached hydrogen (secondary N) is 2. The number of rotatable bonds is 8. The van der Waals surface area contributed by atoms with Crippen molar-refractivity contribution in [2.45, 2.75) is 46.1 Å². The molecule has 3 aromatic carbocycles. The van der Waals surface area contributed by atoms with Gasteiger partial charge >= 0.3 is 12.3 Å². The summed E-state index contributed by atoms with van der Waals surface area (Å²) in [6, 6.07) is 12.7. The molecule has 3 rings (SSSR count). The van der Waals surface area contributed by atoms with E-state index in [-0.39, 0.29) is 0 Å². The van der Waals surface area contributed by atoms with Crippen molar-refractivity contribution in [1.82, 2.24) is 5.32 Å². The van der Waals surface area contributed by atoms with Crippen LogP contribution in [-0.2, 0) is 4.79 Å². The first-order valence-electron chi connectivity index (χ1n) is 11.3. The molecule has 0 spiro atoms. The number of carbonyl (C=O) groups excluding carboxylic acids is 1. The number of ether oxygens (including phenoxy) is 1. The predicted octanol–water partition coefficient (Wildman–Crippen LogP) is 6.38. The van der Waals surface area contributed by atoms with E-state index in [1.807, 2.05) is 24.3 Å². The summed E-state index contributed by atoms with van der Waals surface area (Å²) in [5.74, 6) is -3.63. The number of alkyl halides is 3. The summed E-state index contributed by atoms with van der Waals surface area (Å²) in [7, 11) is 0. The summed E-state index contributed by atoms with van der Waals surface area (Å²) < 4.78 is 55.3. The molecule has 1 amide bonds. The molecule has 196 valence electrons. The minimum Gasteiger partial charge on any atom is -0.480 e. The zero-order valence-corrected chi connectivity index (χ0v) is 20.5. The van der Waals surface area contributed by atoms with Gasteiger partial charge in [0.2, 0.25) is 0 Å². The number of halogens is 4. The van der Waals surface area contributed by atoms with Crippen molar-refractivity contribution in [1.29, 1.82) is 0 Å². The molecule has 0 saturated heterocycles. The topological polar surface area (TPSA) is 87.7 Å². The van der Waals surface area contributed by atoms with E-state index in [2.05, 4.69) is 15.4 Å². The van der Waals surface area contributed by atoms with Crippen molar-refractivity contribution in [2.24, 2.45) is 0 Å². The van der Waals surface area contributed by atoms with Crippen molar-refractivity contribution >= 4 is 17.6 Å². The molecule has 0 aliphatic heterocycles. The van der Waals surface area contributed by atoms with Gasteiger partial charge in [0, 0.05) is 17.3 Å². The predicted molar refractivity (Wildman–Crippen MR) is 131 cm³/mol. The number of benzene rings is 3. The summed E-state index contributed by atoms with van der Waals surface area (Å²) in [4.78, 5) is 23.7. The maximum absolute atomic E-state index is 13.8. The van der Waals surface area contributed by atoms with Gasteiger partial charge in [-0.1, -0.05) is 30.3 Å². The molecule has 0 aliphatic carbocycles. The lowest BCUT2D eigenvalue weighted by Crippen LogP contribution is -2.38. The second-order valence-electron chi connectivity index (χ2n) is 8.70. The standard InChI is InChI=1S/C27H26F4N2O4/c1-14-10-20(11-15(2)24(14)25(34)33-17(4)26(35)36)19-6-5-7-21(12-19)32-16(3)18-8-9-22(28)23(13-18)37-27(29,30)31/h5-13,16-17,32H,1-4H3,(H,33,34)(H,35,36). The fourth-order valence-corrected chi connectivity index (χ4v) is 3.93. The lowest BCUT2D eigenvalue weighted by Gasteiger charge is -2.19. The van der Waals surface area contributed by atoms with Crippen LogP contribution in [0.2, 0.25) is 0 Å². The molecule has 0 radical (unpaired) electrons. The fraction of sp³-hybridized carbons (Fsp3) is 0.259. The molecule has 0 bridgehead atoms. The third-order valence-electron chi connectivity index (χ3n) is 5.74. The molecule has 0 aromatic heterocycles. The molecule has 2 atom stereocenters. The highest BCUT2D eigenvalue weighted by molar-refractivity contribution is 5.99. The largest absolute Gasteiger partial charge is 0.573 e. The number of aliphatic carboxylic acids is 1.